The molecule has 0 saturated heterocycles. The number of nitrogens with zero attached hydrogens (tertiary/aromatic N) is 1. The van der Waals surface area contributed by atoms with E-state index in [0.29, 0.717) is 10.7 Å². The van der Waals surface area contributed by atoms with Gasteiger partial charge in [0.2, 0.25) is 0 Å². The second-order valence-corrected chi connectivity index (χ2v) is 6.08. The fraction of sp³-hybridized carbons (Fsp3) is 0.600. The first kappa shape index (κ1) is 14.3. The first-order valence-corrected chi connectivity index (χ1v) is 7.55. The highest BCUT2D eigenvalue weighted by molar-refractivity contribution is 7.80. The minimum Gasteiger partial charge on any atom is -0.388 e. The Bertz CT molecular complexity index is 408. The van der Waals surface area contributed by atoms with Gasteiger partial charge in [-0.25, -0.2) is 0 Å². The Morgan fingerprint density at radius 1 is 1.37 bits per heavy atom. The van der Waals surface area contributed by atoms with E-state index in [9.17, 15) is 0 Å². The molecule has 0 aromatic carbocycles. The van der Waals surface area contributed by atoms with Crippen LogP contribution in [0.3, 0.4) is 0 Å². The van der Waals surface area contributed by atoms with Crippen LogP contribution in [0, 0.1) is 11.8 Å². The molecule has 0 bridgehead atoms. The maximum absolute atomic E-state index is 5.52. The summed E-state index contributed by atoms with van der Waals surface area (Å²) >= 11 is 4.88. The van der Waals surface area contributed by atoms with Crippen LogP contribution in [0.2, 0.25) is 0 Å². The fourth-order valence-corrected chi connectivity index (χ4v) is 2.80. The lowest BCUT2D eigenvalue weighted by Crippen LogP contribution is -2.16. The van der Waals surface area contributed by atoms with Crippen molar-refractivity contribution in [2.45, 2.75) is 39.0 Å². The van der Waals surface area contributed by atoms with E-state index in [0.717, 1.165) is 24.1 Å². The molecule has 1 aliphatic rings. The van der Waals surface area contributed by atoms with E-state index in [-0.39, 0.29) is 0 Å². The molecule has 1 heterocycles. The third kappa shape index (κ3) is 4.46. The highest BCUT2D eigenvalue weighted by Crippen LogP contribution is 2.30. The predicted molar refractivity (Wildman–Crippen MR) is 84.4 cm³/mol. The molecular weight excluding hydrogens is 254 g/mol. The van der Waals surface area contributed by atoms with Crippen LogP contribution in [0.4, 0.5) is 5.69 Å². The number of hydrogen-bond donors (Lipinski definition) is 2. The zero-order valence-corrected chi connectivity index (χ0v) is 12.4. The van der Waals surface area contributed by atoms with Gasteiger partial charge in [-0.2, -0.15) is 0 Å². The molecule has 3 N–H and O–H groups in total. The smallest absolute Gasteiger partial charge is 0.122 e. The van der Waals surface area contributed by atoms with Crippen molar-refractivity contribution >= 4 is 22.9 Å². The molecule has 0 spiro atoms. The molecule has 0 aliphatic heterocycles. The van der Waals surface area contributed by atoms with E-state index >= 15 is 0 Å². The summed E-state index contributed by atoms with van der Waals surface area (Å²) in [5.74, 6) is 1.83. The van der Waals surface area contributed by atoms with Gasteiger partial charge >= 0.3 is 0 Å². The Hall–Kier alpha value is -1.16. The van der Waals surface area contributed by atoms with Gasteiger partial charge in [0.25, 0.3) is 0 Å². The molecule has 1 aromatic rings. The van der Waals surface area contributed by atoms with Crippen molar-refractivity contribution in [2.75, 3.05) is 11.9 Å². The van der Waals surface area contributed by atoms with E-state index in [1.54, 1.807) is 6.20 Å². The number of nitrogens with one attached hydrogen (secondary N) is 1. The topological polar surface area (TPSA) is 50.9 Å². The van der Waals surface area contributed by atoms with E-state index in [1.807, 2.05) is 12.1 Å². The fourth-order valence-electron chi connectivity index (χ4n) is 2.68. The van der Waals surface area contributed by atoms with Crippen molar-refractivity contribution in [3.63, 3.8) is 0 Å². The summed E-state index contributed by atoms with van der Waals surface area (Å²) in [6, 6.07) is 3.86. The second kappa shape index (κ2) is 6.85. The minimum atomic E-state index is 0.350. The summed E-state index contributed by atoms with van der Waals surface area (Å²) in [4.78, 5) is 4.57. The van der Waals surface area contributed by atoms with Gasteiger partial charge in [-0.15, -0.1) is 0 Å². The quantitative estimate of drug-likeness (QED) is 0.810. The number of pyridine rings is 1. The van der Waals surface area contributed by atoms with E-state index in [4.69, 9.17) is 18.0 Å². The number of anilines is 1. The van der Waals surface area contributed by atoms with Crippen LogP contribution in [-0.2, 0) is 0 Å². The highest BCUT2D eigenvalue weighted by Gasteiger charge is 2.17. The van der Waals surface area contributed by atoms with Crippen LogP contribution >= 0.6 is 12.2 Å². The molecule has 0 radical (unpaired) electrons. The van der Waals surface area contributed by atoms with Gasteiger partial charge in [-0.3, -0.25) is 4.98 Å². The van der Waals surface area contributed by atoms with Gasteiger partial charge in [-0.05, 0) is 30.4 Å². The van der Waals surface area contributed by atoms with Crippen molar-refractivity contribution in [2.24, 2.45) is 17.6 Å². The van der Waals surface area contributed by atoms with E-state index < -0.39 is 0 Å². The molecule has 3 nitrogen and oxygen atoms in total. The van der Waals surface area contributed by atoms with Crippen LogP contribution in [0.1, 0.15) is 44.7 Å². The molecule has 1 fully saturated rings. The van der Waals surface area contributed by atoms with Crippen molar-refractivity contribution in [1.82, 2.24) is 4.98 Å². The van der Waals surface area contributed by atoms with Gasteiger partial charge < -0.3 is 11.1 Å². The van der Waals surface area contributed by atoms with Crippen LogP contribution in [0.15, 0.2) is 18.3 Å². The average Bonchev–Trinajstić information content (AvgIpc) is 2.41. The molecule has 104 valence electrons. The number of aromatic nitrogens is 1. The van der Waals surface area contributed by atoms with Gasteiger partial charge in [-0.1, -0.05) is 44.8 Å². The molecule has 1 aromatic heterocycles. The predicted octanol–water partition coefficient (Wildman–Crippen LogP) is 3.34. The van der Waals surface area contributed by atoms with Gasteiger partial charge in [0, 0.05) is 6.54 Å². The molecule has 19 heavy (non-hydrogen) atoms. The molecule has 4 heteroatoms. The largest absolute Gasteiger partial charge is 0.388 e. The van der Waals surface area contributed by atoms with Crippen LogP contribution in [-0.4, -0.2) is 16.5 Å². The normalized spacial score (nSPS) is 23.0. The summed E-state index contributed by atoms with van der Waals surface area (Å²) in [7, 11) is 0. The summed E-state index contributed by atoms with van der Waals surface area (Å²) in [6.45, 7) is 3.39. The Labute approximate surface area is 121 Å². The molecule has 1 saturated carbocycles. The van der Waals surface area contributed by atoms with Crippen molar-refractivity contribution in [3.05, 3.63) is 24.0 Å². The van der Waals surface area contributed by atoms with Crippen molar-refractivity contribution in [3.8, 4) is 0 Å². The molecule has 2 rings (SSSR count). The van der Waals surface area contributed by atoms with Crippen LogP contribution < -0.4 is 11.1 Å². The Morgan fingerprint density at radius 3 is 2.68 bits per heavy atom. The summed E-state index contributed by atoms with van der Waals surface area (Å²) in [5.41, 5.74) is 7.25. The third-order valence-electron chi connectivity index (χ3n) is 4.03. The zero-order chi connectivity index (χ0) is 13.7. The van der Waals surface area contributed by atoms with Crippen molar-refractivity contribution in [1.29, 1.82) is 0 Å². The first-order valence-electron chi connectivity index (χ1n) is 7.15. The number of rotatable bonds is 5. The van der Waals surface area contributed by atoms with Gasteiger partial charge in [0.1, 0.15) is 4.99 Å². The molecule has 0 atom stereocenters. The monoisotopic (exact) mass is 277 g/mol. The van der Waals surface area contributed by atoms with Crippen LogP contribution in [0.5, 0.6) is 0 Å². The Balaban J connectivity index is 1.72. The first-order chi connectivity index (χ1) is 9.15. The Morgan fingerprint density at radius 2 is 2.11 bits per heavy atom. The molecule has 0 unspecified atom stereocenters. The molecular formula is C15H23N3S. The lowest BCUT2D eigenvalue weighted by Gasteiger charge is -2.26. The van der Waals surface area contributed by atoms with E-state index in [2.05, 4.69) is 17.2 Å². The summed E-state index contributed by atoms with van der Waals surface area (Å²) in [6.07, 6.45) is 8.63. The van der Waals surface area contributed by atoms with Crippen LogP contribution in [0.25, 0.3) is 0 Å². The highest BCUT2D eigenvalue weighted by atomic mass is 32.1. The summed E-state index contributed by atoms with van der Waals surface area (Å²) in [5, 5.41) is 3.42. The van der Waals surface area contributed by atoms with Crippen molar-refractivity contribution < 1.29 is 0 Å². The maximum atomic E-state index is 5.52. The third-order valence-corrected chi connectivity index (χ3v) is 4.24. The zero-order valence-electron chi connectivity index (χ0n) is 11.6. The summed E-state index contributed by atoms with van der Waals surface area (Å²) < 4.78 is 0. The molecule has 1 aliphatic carbocycles. The minimum absolute atomic E-state index is 0.350. The van der Waals surface area contributed by atoms with Gasteiger partial charge in [0.15, 0.2) is 0 Å². The second-order valence-electron chi connectivity index (χ2n) is 5.64. The average molecular weight is 277 g/mol. The standard InChI is InChI=1S/C15H23N3S/c1-11-2-4-12(5-3-11)8-9-17-13-6-7-14(15(16)19)18-10-13/h6-7,10-12,17H,2-5,8-9H2,1H3,(H2,16,19). The maximum Gasteiger partial charge on any atom is 0.122 e. The Kier molecular flexibility index (Phi) is 5.14. The SMILES string of the molecule is CC1CCC(CCNc2ccc(C(N)=S)nc2)CC1. The number of nitrogens with two attached hydrogens (primary N) is 1. The lowest BCUT2D eigenvalue weighted by atomic mass is 9.81. The number of hydrogen-bond acceptors (Lipinski definition) is 3. The lowest BCUT2D eigenvalue weighted by molar-refractivity contribution is 0.282. The molecule has 0 amide bonds. The van der Waals surface area contributed by atoms with E-state index in [1.165, 1.54) is 32.1 Å². The van der Waals surface area contributed by atoms with Gasteiger partial charge in [0.05, 0.1) is 17.6 Å². The number of thiocarbonyl (C=S) groups is 1.